The van der Waals surface area contributed by atoms with Crippen LogP contribution in [0.15, 0.2) is 52.7 Å². The van der Waals surface area contributed by atoms with Gasteiger partial charge in [0.15, 0.2) is 6.29 Å². The molecule has 0 bridgehead atoms. The van der Waals surface area contributed by atoms with Crippen LogP contribution in [0.4, 0.5) is 11.4 Å². The fraction of sp³-hybridized carbons (Fsp3) is 0.320. The molecule has 0 unspecified atom stereocenters. The fourth-order valence-corrected chi connectivity index (χ4v) is 3.81. The molecule has 1 fully saturated rings. The van der Waals surface area contributed by atoms with Crippen LogP contribution in [-0.2, 0) is 9.59 Å². The highest BCUT2D eigenvalue weighted by Gasteiger charge is 2.26. The van der Waals surface area contributed by atoms with Crippen molar-refractivity contribution in [1.29, 1.82) is 0 Å². The molecule has 0 aliphatic carbocycles. The molecule has 1 aromatic carbocycles. The van der Waals surface area contributed by atoms with E-state index in [1.165, 1.54) is 13.1 Å². The second kappa shape index (κ2) is 12.9. The Morgan fingerprint density at radius 3 is 2.50 bits per heavy atom. The zero-order valence-electron chi connectivity index (χ0n) is 19.9. The van der Waals surface area contributed by atoms with Crippen LogP contribution >= 0.6 is 0 Å². The van der Waals surface area contributed by atoms with E-state index in [9.17, 15) is 14.4 Å². The highest BCUT2D eigenvalue weighted by molar-refractivity contribution is 6.15. The van der Waals surface area contributed by atoms with Gasteiger partial charge in [-0.1, -0.05) is 12.7 Å². The Hall–Kier alpha value is -4.01. The van der Waals surface area contributed by atoms with Gasteiger partial charge in [0.2, 0.25) is 11.8 Å². The number of allylic oxidation sites excluding steroid dienone is 4. The SMILES string of the molecule is C=CC=N/C=C(C)/C=C(\C=N/N)c1c(C=O)cc(NC(=O)C2CCN(C(C)=O)CC2)cc1NC. The molecule has 1 aliphatic rings. The first-order valence-corrected chi connectivity index (χ1v) is 11.0. The van der Waals surface area contributed by atoms with Crippen LogP contribution in [0.3, 0.4) is 0 Å². The molecule has 0 radical (unpaired) electrons. The van der Waals surface area contributed by atoms with Crippen molar-refractivity contribution in [2.75, 3.05) is 30.8 Å². The zero-order chi connectivity index (χ0) is 25.1. The number of likely N-dealkylation sites (tertiary alicyclic amines) is 1. The normalized spacial score (nSPS) is 15.6. The van der Waals surface area contributed by atoms with Crippen LogP contribution in [0.5, 0.6) is 0 Å². The third kappa shape index (κ3) is 6.99. The molecule has 9 nitrogen and oxygen atoms in total. The van der Waals surface area contributed by atoms with Gasteiger partial charge in [0, 0.05) is 73.5 Å². The lowest BCUT2D eigenvalue weighted by Gasteiger charge is -2.30. The summed E-state index contributed by atoms with van der Waals surface area (Å²) in [7, 11) is 1.73. The van der Waals surface area contributed by atoms with E-state index in [-0.39, 0.29) is 17.7 Å². The molecule has 2 amide bonds. The number of amides is 2. The third-order valence-electron chi connectivity index (χ3n) is 5.50. The number of carbonyl (C=O) groups excluding carboxylic acids is 3. The number of piperidine rings is 1. The molecular formula is C25H32N6O3. The van der Waals surface area contributed by atoms with E-state index in [2.05, 4.69) is 27.3 Å². The quantitative estimate of drug-likeness (QED) is 0.170. The maximum absolute atomic E-state index is 12.8. The number of nitrogens with zero attached hydrogens (tertiary/aromatic N) is 3. The first-order valence-electron chi connectivity index (χ1n) is 11.0. The molecule has 1 saturated heterocycles. The van der Waals surface area contributed by atoms with E-state index in [0.717, 1.165) is 11.9 Å². The van der Waals surface area contributed by atoms with Gasteiger partial charge in [-0.3, -0.25) is 19.4 Å². The lowest BCUT2D eigenvalue weighted by molar-refractivity contribution is -0.132. The second-order valence-corrected chi connectivity index (χ2v) is 7.91. The van der Waals surface area contributed by atoms with Gasteiger partial charge < -0.3 is 21.4 Å². The van der Waals surface area contributed by atoms with E-state index in [1.807, 2.05) is 6.92 Å². The molecule has 0 spiro atoms. The Balaban J connectivity index is 2.36. The molecule has 0 aromatic heterocycles. The molecule has 1 aliphatic heterocycles. The Labute approximate surface area is 200 Å². The van der Waals surface area contributed by atoms with Crippen molar-refractivity contribution < 1.29 is 14.4 Å². The summed E-state index contributed by atoms with van der Waals surface area (Å²) in [4.78, 5) is 42.2. The maximum Gasteiger partial charge on any atom is 0.227 e. The van der Waals surface area contributed by atoms with Crippen LogP contribution < -0.4 is 16.5 Å². The molecule has 0 atom stereocenters. The summed E-state index contributed by atoms with van der Waals surface area (Å²) in [5.41, 5.74) is 3.50. The lowest BCUT2D eigenvalue weighted by atomic mass is 9.94. The van der Waals surface area contributed by atoms with E-state index in [1.54, 1.807) is 48.6 Å². The Morgan fingerprint density at radius 2 is 1.94 bits per heavy atom. The zero-order valence-corrected chi connectivity index (χ0v) is 19.9. The molecular weight excluding hydrogens is 432 g/mol. The summed E-state index contributed by atoms with van der Waals surface area (Å²) in [6.07, 6.45) is 9.97. The number of hydrazone groups is 1. The number of carbonyl (C=O) groups is 3. The predicted octanol–water partition coefficient (Wildman–Crippen LogP) is 3.23. The van der Waals surface area contributed by atoms with Crippen LogP contribution in [0, 0.1) is 5.92 Å². The summed E-state index contributed by atoms with van der Waals surface area (Å²) in [5, 5.41) is 9.65. The highest BCUT2D eigenvalue weighted by atomic mass is 16.2. The van der Waals surface area contributed by atoms with E-state index < -0.39 is 0 Å². The van der Waals surface area contributed by atoms with Gasteiger partial charge in [-0.2, -0.15) is 5.10 Å². The van der Waals surface area contributed by atoms with Crippen LogP contribution in [-0.4, -0.2) is 55.6 Å². The minimum absolute atomic E-state index is 0.0196. The molecule has 2 rings (SSSR count). The van der Waals surface area contributed by atoms with Gasteiger partial charge in [0.1, 0.15) is 0 Å². The fourth-order valence-electron chi connectivity index (χ4n) is 3.81. The number of benzene rings is 1. The van der Waals surface area contributed by atoms with Crippen molar-refractivity contribution in [1.82, 2.24) is 4.90 Å². The van der Waals surface area contributed by atoms with Gasteiger partial charge in [-0.25, -0.2) is 0 Å². The molecule has 0 saturated carbocycles. The number of nitrogens with two attached hydrogens (primary N) is 1. The summed E-state index contributed by atoms with van der Waals surface area (Å²) >= 11 is 0. The highest BCUT2D eigenvalue weighted by Crippen LogP contribution is 2.31. The van der Waals surface area contributed by atoms with Crippen molar-refractivity contribution in [3.8, 4) is 0 Å². The van der Waals surface area contributed by atoms with E-state index in [4.69, 9.17) is 5.84 Å². The molecule has 1 aromatic rings. The smallest absolute Gasteiger partial charge is 0.227 e. The van der Waals surface area contributed by atoms with Crippen LogP contribution in [0.2, 0.25) is 0 Å². The number of anilines is 2. The molecule has 9 heteroatoms. The number of rotatable bonds is 9. The third-order valence-corrected chi connectivity index (χ3v) is 5.50. The van der Waals surface area contributed by atoms with Gasteiger partial charge >= 0.3 is 0 Å². The average Bonchev–Trinajstić information content (AvgIpc) is 2.83. The molecule has 180 valence electrons. The maximum atomic E-state index is 12.8. The van der Waals surface area contributed by atoms with Crippen molar-refractivity contribution in [3.63, 3.8) is 0 Å². The number of nitrogens with one attached hydrogen (secondary N) is 2. The molecule has 1 heterocycles. The van der Waals surface area contributed by atoms with Crippen LogP contribution in [0.1, 0.15) is 42.6 Å². The lowest BCUT2D eigenvalue weighted by Crippen LogP contribution is -2.40. The minimum atomic E-state index is -0.197. The van der Waals surface area contributed by atoms with Gasteiger partial charge in [0.25, 0.3) is 0 Å². The van der Waals surface area contributed by atoms with Crippen LogP contribution in [0.25, 0.3) is 5.57 Å². The number of hydrogen-bond acceptors (Lipinski definition) is 7. The topological polar surface area (TPSA) is 129 Å². The second-order valence-electron chi connectivity index (χ2n) is 7.91. The molecule has 4 N–H and O–H groups in total. The predicted molar refractivity (Wildman–Crippen MR) is 138 cm³/mol. The van der Waals surface area contributed by atoms with Gasteiger partial charge in [-0.05, 0) is 43.5 Å². The average molecular weight is 465 g/mol. The first kappa shape index (κ1) is 26.2. The van der Waals surface area contributed by atoms with E-state index in [0.29, 0.717) is 54.0 Å². The Morgan fingerprint density at radius 1 is 1.24 bits per heavy atom. The number of hydrogen-bond donors (Lipinski definition) is 3. The van der Waals surface area contributed by atoms with Crippen molar-refractivity contribution >= 4 is 47.5 Å². The summed E-state index contributed by atoms with van der Waals surface area (Å²) in [6.45, 7) is 8.10. The molecule has 34 heavy (non-hydrogen) atoms. The Kier molecular flexibility index (Phi) is 9.94. The Bertz CT molecular complexity index is 1050. The summed E-state index contributed by atoms with van der Waals surface area (Å²) in [6, 6.07) is 3.39. The van der Waals surface area contributed by atoms with Crippen molar-refractivity contribution in [2.45, 2.75) is 26.7 Å². The van der Waals surface area contributed by atoms with Gasteiger partial charge in [0.05, 0.1) is 6.21 Å². The summed E-state index contributed by atoms with van der Waals surface area (Å²) < 4.78 is 0. The number of aliphatic imine (C=N–C) groups is 1. The number of aldehydes is 1. The standard InChI is InChI=1S/C25H32N6O3/c1-5-8-28-14-17(2)11-20(15-29-26)24-21(16-32)12-22(13-23(24)27-4)30-25(34)19-6-9-31(10-7-19)18(3)33/h5,8,11-16,19,27H,1,6-7,9-10,26H2,2-4H3,(H,30,34)/b17-14+,20-11+,28-8?,29-15-. The van der Waals surface area contributed by atoms with Gasteiger partial charge in [-0.15, -0.1) is 0 Å². The van der Waals surface area contributed by atoms with Crippen molar-refractivity contribution in [3.05, 3.63) is 53.8 Å². The van der Waals surface area contributed by atoms with Crippen molar-refractivity contribution in [2.24, 2.45) is 21.9 Å². The monoisotopic (exact) mass is 464 g/mol. The minimum Gasteiger partial charge on any atom is -0.388 e. The first-order chi connectivity index (χ1) is 16.3. The van der Waals surface area contributed by atoms with E-state index >= 15 is 0 Å². The largest absolute Gasteiger partial charge is 0.388 e. The summed E-state index contributed by atoms with van der Waals surface area (Å²) in [5.74, 6) is 5.12.